The molecule has 0 aromatic heterocycles. The molecule has 0 aromatic rings. The van der Waals surface area contributed by atoms with Crippen molar-refractivity contribution in [2.75, 3.05) is 19.6 Å². The summed E-state index contributed by atoms with van der Waals surface area (Å²) < 4.78 is 0. The third kappa shape index (κ3) is 3.45. The Bertz CT molecular complexity index is 217. The largest absolute Gasteiger partial charge is 0.329 e. The van der Waals surface area contributed by atoms with Gasteiger partial charge in [-0.2, -0.15) is 0 Å². The molecule has 2 heteroatoms. The molecular formula is C15H30N2. The van der Waals surface area contributed by atoms with Crippen LogP contribution in [0.4, 0.5) is 0 Å². The van der Waals surface area contributed by atoms with E-state index in [-0.39, 0.29) is 5.54 Å². The van der Waals surface area contributed by atoms with Crippen molar-refractivity contribution in [3.63, 3.8) is 0 Å². The highest BCUT2D eigenvalue weighted by atomic mass is 15.2. The average Bonchev–Trinajstić information content (AvgIpc) is 2.23. The molecule has 1 heterocycles. The summed E-state index contributed by atoms with van der Waals surface area (Å²) in [4.78, 5) is 2.71. The lowest BCUT2D eigenvalue weighted by Crippen LogP contribution is -2.54. The van der Waals surface area contributed by atoms with Crippen LogP contribution in [-0.2, 0) is 0 Å². The monoisotopic (exact) mass is 238 g/mol. The molecule has 1 atom stereocenters. The van der Waals surface area contributed by atoms with Crippen LogP contribution in [-0.4, -0.2) is 30.1 Å². The zero-order chi connectivity index (χ0) is 12.1. The minimum absolute atomic E-state index is 0.280. The standard InChI is InChI=1S/C15H30N2/c1-15(13-16,12-14-8-7-9-14)17-10-5-3-2-4-6-11-17/h14H,2-13,16H2,1H3. The van der Waals surface area contributed by atoms with Gasteiger partial charge in [0.05, 0.1) is 0 Å². The van der Waals surface area contributed by atoms with Crippen LogP contribution in [0.15, 0.2) is 0 Å². The van der Waals surface area contributed by atoms with Crippen LogP contribution in [0.25, 0.3) is 0 Å². The summed E-state index contributed by atoms with van der Waals surface area (Å²) in [6.07, 6.45) is 12.7. The predicted molar refractivity (Wildman–Crippen MR) is 74.1 cm³/mol. The third-order valence-electron chi connectivity index (χ3n) is 5.01. The first-order chi connectivity index (χ1) is 8.24. The molecule has 100 valence electrons. The smallest absolute Gasteiger partial charge is 0.0306 e. The zero-order valence-electron chi connectivity index (χ0n) is 11.6. The second kappa shape index (κ2) is 6.19. The van der Waals surface area contributed by atoms with E-state index in [1.807, 2.05) is 0 Å². The fourth-order valence-corrected chi connectivity index (χ4v) is 3.45. The molecule has 1 aliphatic heterocycles. The topological polar surface area (TPSA) is 29.3 Å². The van der Waals surface area contributed by atoms with Gasteiger partial charge in [0.15, 0.2) is 0 Å². The summed E-state index contributed by atoms with van der Waals surface area (Å²) in [6, 6.07) is 0. The Hall–Kier alpha value is -0.0800. The lowest BCUT2D eigenvalue weighted by molar-refractivity contribution is 0.0606. The first-order valence-corrected chi connectivity index (χ1v) is 7.70. The zero-order valence-corrected chi connectivity index (χ0v) is 11.6. The van der Waals surface area contributed by atoms with Gasteiger partial charge in [-0.05, 0) is 45.2 Å². The molecule has 2 aliphatic rings. The minimum Gasteiger partial charge on any atom is -0.329 e. The minimum atomic E-state index is 0.280. The van der Waals surface area contributed by atoms with E-state index in [1.165, 1.54) is 70.9 Å². The van der Waals surface area contributed by atoms with Crippen LogP contribution >= 0.6 is 0 Å². The average molecular weight is 238 g/mol. The molecule has 1 saturated carbocycles. The van der Waals surface area contributed by atoms with Crippen LogP contribution in [0.3, 0.4) is 0 Å². The van der Waals surface area contributed by atoms with E-state index in [1.54, 1.807) is 0 Å². The molecule has 2 N–H and O–H groups in total. The molecule has 2 fully saturated rings. The van der Waals surface area contributed by atoms with Crippen molar-refractivity contribution in [2.24, 2.45) is 11.7 Å². The van der Waals surface area contributed by atoms with Crippen molar-refractivity contribution in [1.29, 1.82) is 0 Å². The molecule has 1 aliphatic carbocycles. The fourth-order valence-electron chi connectivity index (χ4n) is 3.45. The van der Waals surface area contributed by atoms with Crippen LogP contribution < -0.4 is 5.73 Å². The molecule has 0 aromatic carbocycles. The van der Waals surface area contributed by atoms with Crippen molar-refractivity contribution in [2.45, 2.75) is 70.3 Å². The van der Waals surface area contributed by atoms with Gasteiger partial charge in [0.2, 0.25) is 0 Å². The van der Waals surface area contributed by atoms with Crippen LogP contribution in [0, 0.1) is 5.92 Å². The first kappa shape index (κ1) is 13.4. The molecular weight excluding hydrogens is 208 g/mol. The number of nitrogens with zero attached hydrogens (tertiary/aromatic N) is 1. The van der Waals surface area contributed by atoms with E-state index in [9.17, 15) is 0 Å². The van der Waals surface area contributed by atoms with Gasteiger partial charge in [-0.15, -0.1) is 0 Å². The molecule has 1 unspecified atom stereocenters. The van der Waals surface area contributed by atoms with Crippen molar-refractivity contribution in [3.8, 4) is 0 Å². The van der Waals surface area contributed by atoms with E-state index in [4.69, 9.17) is 5.73 Å². The Morgan fingerprint density at radius 3 is 2.06 bits per heavy atom. The van der Waals surface area contributed by atoms with Gasteiger partial charge in [-0.25, -0.2) is 0 Å². The van der Waals surface area contributed by atoms with Crippen molar-refractivity contribution >= 4 is 0 Å². The van der Waals surface area contributed by atoms with Crippen molar-refractivity contribution < 1.29 is 0 Å². The van der Waals surface area contributed by atoms with Crippen molar-refractivity contribution in [3.05, 3.63) is 0 Å². The maximum atomic E-state index is 6.11. The molecule has 2 nitrogen and oxygen atoms in total. The van der Waals surface area contributed by atoms with Gasteiger partial charge in [-0.1, -0.05) is 38.5 Å². The summed E-state index contributed by atoms with van der Waals surface area (Å²) in [5.74, 6) is 0.967. The summed E-state index contributed by atoms with van der Waals surface area (Å²) in [6.45, 7) is 5.80. The molecule has 17 heavy (non-hydrogen) atoms. The molecule has 0 spiro atoms. The van der Waals surface area contributed by atoms with E-state index >= 15 is 0 Å². The Morgan fingerprint density at radius 2 is 1.59 bits per heavy atom. The fraction of sp³-hybridized carbons (Fsp3) is 1.00. The predicted octanol–water partition coefficient (Wildman–Crippen LogP) is 3.16. The molecule has 1 saturated heterocycles. The SMILES string of the molecule is CC(CN)(CC1CCC1)N1CCCCCCC1. The Morgan fingerprint density at radius 1 is 1.00 bits per heavy atom. The summed E-state index contributed by atoms with van der Waals surface area (Å²) >= 11 is 0. The Kier molecular flexibility index (Phi) is 4.87. The Labute approximate surface area is 107 Å². The summed E-state index contributed by atoms with van der Waals surface area (Å²) in [7, 11) is 0. The second-order valence-corrected chi connectivity index (χ2v) is 6.46. The molecule has 0 bridgehead atoms. The lowest BCUT2D eigenvalue weighted by Gasteiger charge is -2.45. The van der Waals surface area contributed by atoms with Crippen LogP contribution in [0.1, 0.15) is 64.7 Å². The lowest BCUT2D eigenvalue weighted by atomic mass is 9.75. The normalized spacial score (nSPS) is 27.9. The van der Waals surface area contributed by atoms with E-state index in [0.29, 0.717) is 0 Å². The van der Waals surface area contributed by atoms with Gasteiger partial charge in [0.25, 0.3) is 0 Å². The number of hydrogen-bond donors (Lipinski definition) is 1. The third-order valence-corrected chi connectivity index (χ3v) is 5.01. The second-order valence-electron chi connectivity index (χ2n) is 6.46. The van der Waals surface area contributed by atoms with Gasteiger partial charge in [0.1, 0.15) is 0 Å². The highest BCUT2D eigenvalue weighted by molar-refractivity contribution is 4.91. The molecule has 0 amide bonds. The first-order valence-electron chi connectivity index (χ1n) is 7.70. The van der Waals surface area contributed by atoms with Crippen molar-refractivity contribution in [1.82, 2.24) is 4.90 Å². The number of rotatable bonds is 4. The number of likely N-dealkylation sites (tertiary alicyclic amines) is 1. The van der Waals surface area contributed by atoms with Crippen LogP contribution in [0.2, 0.25) is 0 Å². The van der Waals surface area contributed by atoms with E-state index in [2.05, 4.69) is 11.8 Å². The van der Waals surface area contributed by atoms with Gasteiger partial charge < -0.3 is 5.73 Å². The molecule has 0 radical (unpaired) electrons. The maximum absolute atomic E-state index is 6.11. The highest BCUT2D eigenvalue weighted by Crippen LogP contribution is 2.36. The van der Waals surface area contributed by atoms with E-state index < -0.39 is 0 Å². The molecule has 2 rings (SSSR count). The van der Waals surface area contributed by atoms with Gasteiger partial charge in [0, 0.05) is 12.1 Å². The number of nitrogens with two attached hydrogens (primary N) is 1. The summed E-state index contributed by atoms with van der Waals surface area (Å²) in [5.41, 5.74) is 6.39. The maximum Gasteiger partial charge on any atom is 0.0306 e. The van der Waals surface area contributed by atoms with Gasteiger partial charge >= 0.3 is 0 Å². The van der Waals surface area contributed by atoms with E-state index in [0.717, 1.165) is 12.5 Å². The summed E-state index contributed by atoms with van der Waals surface area (Å²) in [5, 5.41) is 0. The van der Waals surface area contributed by atoms with Crippen LogP contribution in [0.5, 0.6) is 0 Å². The quantitative estimate of drug-likeness (QED) is 0.815. The Balaban J connectivity index is 1.92. The van der Waals surface area contributed by atoms with Gasteiger partial charge in [-0.3, -0.25) is 4.90 Å². The number of hydrogen-bond acceptors (Lipinski definition) is 2. The highest BCUT2D eigenvalue weighted by Gasteiger charge is 2.34.